The third-order valence-corrected chi connectivity index (χ3v) is 5.10. The molecule has 0 unspecified atom stereocenters. The molecule has 0 bridgehead atoms. The summed E-state index contributed by atoms with van der Waals surface area (Å²) in [5.41, 5.74) is -0.398. The van der Waals surface area contributed by atoms with Gasteiger partial charge in [0.25, 0.3) is 0 Å². The van der Waals surface area contributed by atoms with E-state index in [2.05, 4.69) is 5.10 Å². The first kappa shape index (κ1) is 18.5. The van der Waals surface area contributed by atoms with E-state index in [0.29, 0.717) is 31.3 Å². The molecule has 1 aromatic carbocycles. The molecule has 1 amide bonds. The number of nitrogens with zero attached hydrogens (tertiary/aromatic N) is 4. The van der Waals surface area contributed by atoms with Gasteiger partial charge in [0.2, 0.25) is 9.84 Å². The van der Waals surface area contributed by atoms with Gasteiger partial charge in [0.1, 0.15) is 23.3 Å². The van der Waals surface area contributed by atoms with E-state index in [1.807, 2.05) is 0 Å². The third kappa shape index (κ3) is 3.51. The van der Waals surface area contributed by atoms with Crippen molar-refractivity contribution in [2.24, 2.45) is 0 Å². The van der Waals surface area contributed by atoms with Crippen LogP contribution in [0.5, 0.6) is 0 Å². The maximum absolute atomic E-state index is 13.3. The van der Waals surface area contributed by atoms with Crippen LogP contribution in [0.1, 0.15) is 19.4 Å². The molecule has 10 heteroatoms. The van der Waals surface area contributed by atoms with Gasteiger partial charge in [0.15, 0.2) is 5.03 Å². The zero-order chi connectivity index (χ0) is 18.8. The molecule has 0 radical (unpaired) electrons. The van der Waals surface area contributed by atoms with Crippen LogP contribution in [-0.4, -0.2) is 42.2 Å². The predicted octanol–water partition coefficient (Wildman–Crippen LogP) is 2.18. The van der Waals surface area contributed by atoms with Gasteiger partial charge in [-0.3, -0.25) is 0 Å². The van der Waals surface area contributed by atoms with Crippen molar-refractivity contribution in [2.75, 3.05) is 13.1 Å². The summed E-state index contributed by atoms with van der Waals surface area (Å²) in [6.07, 6.45) is 0.975. The summed E-state index contributed by atoms with van der Waals surface area (Å²) in [6, 6.07) is 2.77. The number of halogens is 2. The van der Waals surface area contributed by atoms with E-state index in [-0.39, 0.29) is 0 Å². The Kier molecular flexibility index (Phi) is 5.18. The lowest BCUT2D eigenvalue weighted by molar-refractivity contribution is 0.201. The molecule has 2 rings (SSSR count). The van der Waals surface area contributed by atoms with Gasteiger partial charge in [-0.1, -0.05) is 0 Å². The molecular formula is C15H14F2N4O3S. The summed E-state index contributed by atoms with van der Waals surface area (Å²) < 4.78 is 52.5. The van der Waals surface area contributed by atoms with Gasteiger partial charge in [0, 0.05) is 19.2 Å². The fourth-order valence-corrected chi connectivity index (χ4v) is 3.51. The molecule has 0 spiro atoms. The fourth-order valence-electron chi connectivity index (χ4n) is 2.17. The van der Waals surface area contributed by atoms with Gasteiger partial charge >= 0.3 is 6.03 Å². The van der Waals surface area contributed by atoms with Crippen LogP contribution in [0.25, 0.3) is 0 Å². The minimum atomic E-state index is -4.48. The van der Waals surface area contributed by atoms with Crippen LogP contribution < -0.4 is 0 Å². The summed E-state index contributed by atoms with van der Waals surface area (Å²) >= 11 is 0. The number of hydrogen-bond donors (Lipinski definition) is 0. The molecule has 1 aromatic heterocycles. The summed E-state index contributed by atoms with van der Waals surface area (Å²) in [4.78, 5) is 12.9. The Morgan fingerprint density at radius 2 is 1.80 bits per heavy atom. The Labute approximate surface area is 143 Å². The van der Waals surface area contributed by atoms with Gasteiger partial charge in [-0.15, -0.1) is 0 Å². The minimum Gasteiger partial charge on any atom is -0.323 e. The Morgan fingerprint density at radius 1 is 1.24 bits per heavy atom. The molecule has 2 aromatic rings. The van der Waals surface area contributed by atoms with Crippen LogP contribution >= 0.6 is 0 Å². The molecule has 0 saturated heterocycles. The Balaban J connectivity index is 2.59. The number of sulfone groups is 1. The second-order valence-corrected chi connectivity index (χ2v) is 6.83. The zero-order valence-corrected chi connectivity index (χ0v) is 14.2. The van der Waals surface area contributed by atoms with Gasteiger partial charge in [-0.2, -0.15) is 15.0 Å². The molecule has 0 aliphatic rings. The number of aromatic nitrogens is 2. The van der Waals surface area contributed by atoms with E-state index < -0.39 is 43.0 Å². The van der Waals surface area contributed by atoms with E-state index in [1.54, 1.807) is 19.9 Å². The number of hydrogen-bond acceptors (Lipinski definition) is 5. The second-order valence-electron chi connectivity index (χ2n) is 4.97. The van der Waals surface area contributed by atoms with Gasteiger partial charge in [0.05, 0.1) is 11.1 Å². The quantitative estimate of drug-likeness (QED) is 0.824. The molecule has 0 aliphatic carbocycles. The van der Waals surface area contributed by atoms with Crippen molar-refractivity contribution in [3.8, 4) is 6.07 Å². The Bertz CT molecular complexity index is 939. The van der Waals surface area contributed by atoms with Crippen LogP contribution in [0.3, 0.4) is 0 Å². The van der Waals surface area contributed by atoms with Crippen LogP contribution in [0, 0.1) is 23.0 Å². The van der Waals surface area contributed by atoms with Crippen LogP contribution in [0.4, 0.5) is 13.6 Å². The number of nitriles is 1. The van der Waals surface area contributed by atoms with Crippen LogP contribution in [-0.2, 0) is 9.84 Å². The van der Waals surface area contributed by atoms with Gasteiger partial charge in [-0.05, 0) is 26.0 Å². The maximum Gasteiger partial charge on any atom is 0.344 e. The molecule has 7 nitrogen and oxygen atoms in total. The topological polar surface area (TPSA) is 96.1 Å². The molecule has 0 saturated carbocycles. The van der Waals surface area contributed by atoms with Crippen molar-refractivity contribution >= 4 is 15.9 Å². The van der Waals surface area contributed by atoms with Crippen molar-refractivity contribution in [1.29, 1.82) is 5.26 Å². The third-order valence-electron chi connectivity index (χ3n) is 3.43. The lowest BCUT2D eigenvalue weighted by Gasteiger charge is -2.17. The summed E-state index contributed by atoms with van der Waals surface area (Å²) in [5, 5.41) is 12.1. The highest BCUT2D eigenvalue weighted by Gasteiger charge is 2.28. The van der Waals surface area contributed by atoms with Crippen molar-refractivity contribution in [1.82, 2.24) is 14.7 Å². The first-order valence-electron chi connectivity index (χ1n) is 7.24. The zero-order valence-electron chi connectivity index (χ0n) is 13.4. The van der Waals surface area contributed by atoms with Gasteiger partial charge in [-0.25, -0.2) is 22.0 Å². The van der Waals surface area contributed by atoms with Crippen molar-refractivity contribution in [2.45, 2.75) is 23.8 Å². The molecule has 0 fully saturated rings. The van der Waals surface area contributed by atoms with E-state index in [4.69, 9.17) is 5.26 Å². The van der Waals surface area contributed by atoms with Crippen LogP contribution in [0.2, 0.25) is 0 Å². The maximum atomic E-state index is 13.3. The second kappa shape index (κ2) is 6.98. The number of benzene rings is 1. The lowest BCUT2D eigenvalue weighted by Crippen LogP contribution is -2.34. The fraction of sp³-hybridized carbons (Fsp3) is 0.267. The normalized spacial score (nSPS) is 11.2. The number of carbonyl (C=O) groups is 1. The minimum absolute atomic E-state index is 0.355. The van der Waals surface area contributed by atoms with E-state index in [9.17, 15) is 22.0 Å². The Hall–Kier alpha value is -2.80. The molecule has 0 N–H and O–H groups in total. The molecular weight excluding hydrogens is 354 g/mol. The molecule has 0 atom stereocenters. The summed E-state index contributed by atoms with van der Waals surface area (Å²) in [6.45, 7) is 4.16. The van der Waals surface area contributed by atoms with Gasteiger partial charge < -0.3 is 4.90 Å². The molecule has 1 heterocycles. The summed E-state index contributed by atoms with van der Waals surface area (Å²) in [7, 11) is -4.48. The van der Waals surface area contributed by atoms with Crippen molar-refractivity contribution in [3.63, 3.8) is 0 Å². The average Bonchev–Trinajstić information content (AvgIpc) is 3.00. The van der Waals surface area contributed by atoms with Crippen molar-refractivity contribution in [3.05, 3.63) is 41.6 Å². The van der Waals surface area contributed by atoms with E-state index >= 15 is 0 Å². The summed E-state index contributed by atoms with van der Waals surface area (Å²) in [5.74, 6) is -2.17. The Morgan fingerprint density at radius 3 is 2.28 bits per heavy atom. The highest BCUT2D eigenvalue weighted by Crippen LogP contribution is 2.24. The van der Waals surface area contributed by atoms with Crippen molar-refractivity contribution < 1.29 is 22.0 Å². The lowest BCUT2D eigenvalue weighted by atomic mass is 10.3. The number of amides is 1. The monoisotopic (exact) mass is 368 g/mol. The molecule has 25 heavy (non-hydrogen) atoms. The molecule has 132 valence electrons. The number of rotatable bonds is 4. The average molecular weight is 368 g/mol. The standard InChI is InChI=1S/C15H14F2N4O3S/c1-3-20(4-2)15(22)21-9-10(8-18)14(19-21)25(23,24)13-6-11(16)5-12(17)7-13/h5-7,9H,3-4H2,1-2H3. The van der Waals surface area contributed by atoms with E-state index in [0.717, 1.165) is 10.9 Å². The van der Waals surface area contributed by atoms with Crippen LogP contribution in [0.15, 0.2) is 34.3 Å². The predicted molar refractivity (Wildman–Crippen MR) is 82.5 cm³/mol. The highest BCUT2D eigenvalue weighted by molar-refractivity contribution is 7.91. The molecule has 0 aliphatic heterocycles. The first-order chi connectivity index (χ1) is 11.7. The number of carbonyl (C=O) groups excluding carboxylic acids is 1. The first-order valence-corrected chi connectivity index (χ1v) is 8.73. The highest BCUT2D eigenvalue weighted by atomic mass is 32.2. The largest absolute Gasteiger partial charge is 0.344 e. The smallest absolute Gasteiger partial charge is 0.323 e. The van der Waals surface area contributed by atoms with E-state index in [1.165, 1.54) is 4.90 Å². The SMILES string of the molecule is CCN(CC)C(=O)n1cc(C#N)c(S(=O)(=O)c2cc(F)cc(F)c2)n1.